The summed E-state index contributed by atoms with van der Waals surface area (Å²) < 4.78 is 4.84. The van der Waals surface area contributed by atoms with E-state index in [0.29, 0.717) is 5.82 Å². The van der Waals surface area contributed by atoms with Crippen molar-refractivity contribution in [3.05, 3.63) is 254 Å². The van der Waals surface area contributed by atoms with Crippen molar-refractivity contribution in [2.45, 2.75) is 19.3 Å². The third-order valence-corrected chi connectivity index (χ3v) is 14.9. The van der Waals surface area contributed by atoms with E-state index >= 15 is 0 Å². The maximum Gasteiger partial charge on any atom is 0.160 e. The van der Waals surface area contributed by atoms with E-state index in [9.17, 15) is 0 Å². The number of hydrogen-bond donors (Lipinski definition) is 0. The highest BCUT2D eigenvalue weighted by atomic mass is 15.0. The summed E-state index contributed by atoms with van der Waals surface area (Å²) in [7, 11) is 0. The Bertz CT molecular complexity index is 3990. The van der Waals surface area contributed by atoms with Crippen molar-refractivity contribution in [1.82, 2.24) is 19.1 Å². The van der Waals surface area contributed by atoms with Crippen LogP contribution in [-0.4, -0.2) is 19.1 Å². The minimum absolute atomic E-state index is 0.0564. The van der Waals surface area contributed by atoms with E-state index in [1.54, 1.807) is 0 Å². The second kappa shape index (κ2) is 16.0. The molecule has 0 spiro atoms. The van der Waals surface area contributed by atoms with Crippen molar-refractivity contribution in [3.8, 4) is 78.7 Å². The lowest BCUT2D eigenvalue weighted by Crippen LogP contribution is -2.14. The molecule has 71 heavy (non-hydrogen) atoms. The van der Waals surface area contributed by atoms with E-state index in [4.69, 9.17) is 9.97 Å². The van der Waals surface area contributed by atoms with Gasteiger partial charge in [0.2, 0.25) is 0 Å². The zero-order valence-corrected chi connectivity index (χ0v) is 39.4. The molecule has 0 saturated carbocycles. The van der Waals surface area contributed by atoms with Gasteiger partial charge in [-0.25, -0.2) is 9.97 Å². The standard InChI is InChI=1S/C67H46N4/c1-67(2)58-23-11-6-18-52(58)53-37-36-48(40-59(53)67)43-28-32-45(33-29-43)60-42-61(69-66(68-60)47-16-4-3-5-17-47)46-34-30-44(31-35-46)49-38-50(70-62-24-12-7-19-54(62)55-20-8-13-25-63(55)70)41-51(39-49)71-64-26-14-9-21-56(64)57-22-10-15-27-65(57)71/h3-42H,1-2H3. The van der Waals surface area contributed by atoms with Crippen LogP contribution >= 0.6 is 0 Å². The summed E-state index contributed by atoms with van der Waals surface area (Å²) in [5.41, 5.74) is 21.7. The van der Waals surface area contributed by atoms with Crippen molar-refractivity contribution < 1.29 is 0 Å². The molecular weight excluding hydrogens is 861 g/mol. The minimum Gasteiger partial charge on any atom is -0.309 e. The van der Waals surface area contributed by atoms with Gasteiger partial charge in [-0.2, -0.15) is 0 Å². The van der Waals surface area contributed by atoms with Crippen molar-refractivity contribution in [1.29, 1.82) is 0 Å². The highest BCUT2D eigenvalue weighted by Gasteiger charge is 2.35. The van der Waals surface area contributed by atoms with Gasteiger partial charge in [0.25, 0.3) is 0 Å². The molecule has 0 saturated heterocycles. The van der Waals surface area contributed by atoms with Crippen LogP contribution in [0.1, 0.15) is 25.0 Å². The number of nitrogens with zero attached hydrogens (tertiary/aromatic N) is 4. The molecule has 14 rings (SSSR count). The Labute approximate surface area is 412 Å². The molecule has 0 bridgehead atoms. The van der Waals surface area contributed by atoms with Crippen LogP contribution in [0.15, 0.2) is 243 Å². The highest BCUT2D eigenvalue weighted by Crippen LogP contribution is 2.49. The molecule has 4 nitrogen and oxygen atoms in total. The van der Waals surface area contributed by atoms with Crippen molar-refractivity contribution in [3.63, 3.8) is 0 Å². The average molecular weight is 907 g/mol. The molecule has 334 valence electrons. The lowest BCUT2D eigenvalue weighted by atomic mass is 9.81. The van der Waals surface area contributed by atoms with E-state index in [1.165, 1.54) is 77.0 Å². The van der Waals surface area contributed by atoms with Crippen LogP contribution in [0.5, 0.6) is 0 Å². The molecule has 1 aliphatic carbocycles. The van der Waals surface area contributed by atoms with Gasteiger partial charge >= 0.3 is 0 Å². The van der Waals surface area contributed by atoms with Crippen LogP contribution < -0.4 is 0 Å². The quantitative estimate of drug-likeness (QED) is 0.160. The monoisotopic (exact) mass is 906 g/mol. The maximum atomic E-state index is 5.22. The van der Waals surface area contributed by atoms with E-state index in [-0.39, 0.29) is 5.41 Å². The highest BCUT2D eigenvalue weighted by molar-refractivity contribution is 6.11. The van der Waals surface area contributed by atoms with Crippen molar-refractivity contribution in [2.24, 2.45) is 0 Å². The summed E-state index contributed by atoms with van der Waals surface area (Å²) in [5.74, 6) is 0.696. The second-order valence-corrected chi connectivity index (χ2v) is 19.4. The fourth-order valence-electron chi connectivity index (χ4n) is 11.4. The predicted octanol–water partition coefficient (Wildman–Crippen LogP) is 17.3. The van der Waals surface area contributed by atoms with Gasteiger partial charge in [0.05, 0.1) is 33.5 Å². The Morgan fingerprint density at radius 3 is 1.23 bits per heavy atom. The molecule has 0 fully saturated rings. The molecule has 13 aromatic rings. The molecule has 0 radical (unpaired) electrons. The van der Waals surface area contributed by atoms with E-state index in [0.717, 1.165) is 50.6 Å². The van der Waals surface area contributed by atoms with Crippen LogP contribution in [0.4, 0.5) is 0 Å². The summed E-state index contributed by atoms with van der Waals surface area (Å²) >= 11 is 0. The first-order valence-corrected chi connectivity index (χ1v) is 24.5. The van der Waals surface area contributed by atoms with Crippen LogP contribution in [-0.2, 0) is 5.41 Å². The maximum absolute atomic E-state index is 5.22. The van der Waals surface area contributed by atoms with Gasteiger partial charge in [0.1, 0.15) is 0 Å². The van der Waals surface area contributed by atoms with Gasteiger partial charge < -0.3 is 9.13 Å². The van der Waals surface area contributed by atoms with E-state index in [2.05, 4.69) is 247 Å². The number of para-hydroxylation sites is 4. The smallest absolute Gasteiger partial charge is 0.160 e. The van der Waals surface area contributed by atoms with Gasteiger partial charge in [0, 0.05) is 55.0 Å². The normalized spacial score (nSPS) is 12.8. The third-order valence-electron chi connectivity index (χ3n) is 14.9. The Kier molecular flexibility index (Phi) is 9.21. The molecule has 3 aromatic heterocycles. The fraction of sp³-hybridized carbons (Fsp3) is 0.0448. The van der Waals surface area contributed by atoms with Gasteiger partial charge in [-0.05, 0) is 99.1 Å². The zero-order chi connectivity index (χ0) is 47.2. The average Bonchev–Trinajstić information content (AvgIpc) is 4.04. The topological polar surface area (TPSA) is 35.6 Å². The van der Waals surface area contributed by atoms with Crippen molar-refractivity contribution in [2.75, 3.05) is 0 Å². The molecule has 4 heteroatoms. The Morgan fingerprint density at radius 1 is 0.296 bits per heavy atom. The predicted molar refractivity (Wildman–Crippen MR) is 295 cm³/mol. The first-order chi connectivity index (χ1) is 34.9. The van der Waals surface area contributed by atoms with Gasteiger partial charge in [-0.3, -0.25) is 0 Å². The number of fused-ring (bicyclic) bond motifs is 9. The molecule has 3 heterocycles. The first-order valence-electron chi connectivity index (χ1n) is 24.5. The largest absolute Gasteiger partial charge is 0.309 e. The third kappa shape index (κ3) is 6.60. The number of hydrogen-bond acceptors (Lipinski definition) is 2. The molecule has 0 atom stereocenters. The number of rotatable bonds is 7. The summed E-state index contributed by atoms with van der Waals surface area (Å²) in [5, 5.41) is 4.95. The first kappa shape index (κ1) is 40.9. The number of aromatic nitrogens is 4. The summed E-state index contributed by atoms with van der Waals surface area (Å²) in [6, 6.07) is 88.0. The summed E-state index contributed by atoms with van der Waals surface area (Å²) in [4.78, 5) is 10.4. The molecule has 10 aromatic carbocycles. The van der Waals surface area contributed by atoms with Gasteiger partial charge in [0.15, 0.2) is 5.82 Å². The Hall–Kier alpha value is -9.12. The fourth-order valence-corrected chi connectivity index (χ4v) is 11.4. The zero-order valence-electron chi connectivity index (χ0n) is 39.4. The van der Waals surface area contributed by atoms with Crippen molar-refractivity contribution >= 4 is 43.6 Å². The summed E-state index contributed by atoms with van der Waals surface area (Å²) in [6.45, 7) is 4.68. The lowest BCUT2D eigenvalue weighted by molar-refractivity contribution is 0.660. The molecule has 1 aliphatic rings. The Morgan fingerprint density at radius 2 is 0.704 bits per heavy atom. The molecule has 0 amide bonds. The number of benzene rings is 10. The molecule has 0 N–H and O–H groups in total. The molecular formula is C67H46N4. The molecule has 0 aliphatic heterocycles. The van der Waals surface area contributed by atoms with Crippen LogP contribution in [0.3, 0.4) is 0 Å². The van der Waals surface area contributed by atoms with Gasteiger partial charge in [-0.15, -0.1) is 0 Å². The van der Waals surface area contributed by atoms with E-state index < -0.39 is 0 Å². The van der Waals surface area contributed by atoms with Crippen LogP contribution in [0.2, 0.25) is 0 Å². The minimum atomic E-state index is -0.0564. The summed E-state index contributed by atoms with van der Waals surface area (Å²) in [6.07, 6.45) is 0. The second-order valence-electron chi connectivity index (χ2n) is 19.4. The SMILES string of the molecule is CC1(C)c2ccccc2-c2ccc(-c3ccc(-c4cc(-c5ccc(-c6cc(-n7c8ccccc8c8ccccc87)cc(-n7c8ccccc8c8ccccc87)c6)cc5)nc(-c5ccccc5)n4)cc3)cc21. The molecule has 0 unspecified atom stereocenters. The van der Waals surface area contributed by atoms with Gasteiger partial charge in [-0.1, -0.05) is 202 Å². The van der Waals surface area contributed by atoms with Crippen LogP contribution in [0, 0.1) is 0 Å². The van der Waals surface area contributed by atoms with E-state index in [1.807, 2.05) is 18.2 Å². The Balaban J connectivity index is 0.874. The lowest BCUT2D eigenvalue weighted by Gasteiger charge is -2.22. The van der Waals surface area contributed by atoms with Crippen LogP contribution in [0.25, 0.3) is 122 Å².